The molecule has 0 fully saturated rings. The SMILES string of the molecule is CC(C)c1ccn(C)n1.CC(C)c1cnn(C(F)(F)F)c1. The van der Waals surface area contributed by atoms with E-state index in [1.54, 1.807) is 0 Å². The molecule has 0 bridgehead atoms. The largest absolute Gasteiger partial charge is 0.504 e. The van der Waals surface area contributed by atoms with E-state index < -0.39 is 6.30 Å². The molecule has 0 spiro atoms. The highest BCUT2D eigenvalue weighted by molar-refractivity contribution is 5.08. The van der Waals surface area contributed by atoms with Crippen molar-refractivity contribution in [3.05, 3.63) is 35.9 Å². The van der Waals surface area contributed by atoms with Crippen molar-refractivity contribution >= 4 is 0 Å². The smallest absolute Gasteiger partial charge is 0.276 e. The Morgan fingerprint density at radius 3 is 1.95 bits per heavy atom. The summed E-state index contributed by atoms with van der Waals surface area (Å²) in [5, 5.41) is 7.43. The van der Waals surface area contributed by atoms with E-state index >= 15 is 0 Å². The number of hydrogen-bond donors (Lipinski definition) is 0. The molecule has 0 saturated carbocycles. The number of nitrogens with zero attached hydrogens (tertiary/aromatic N) is 4. The van der Waals surface area contributed by atoms with Crippen molar-refractivity contribution in [3.63, 3.8) is 0 Å². The topological polar surface area (TPSA) is 35.6 Å². The second-order valence-corrected chi connectivity index (χ2v) is 5.41. The van der Waals surface area contributed by atoms with Crippen molar-refractivity contribution in [2.75, 3.05) is 0 Å². The zero-order valence-electron chi connectivity index (χ0n) is 12.9. The van der Waals surface area contributed by atoms with Crippen LogP contribution in [0, 0.1) is 0 Å². The molecule has 4 nitrogen and oxygen atoms in total. The first-order valence-corrected chi connectivity index (χ1v) is 6.72. The predicted molar refractivity (Wildman–Crippen MR) is 74.9 cm³/mol. The summed E-state index contributed by atoms with van der Waals surface area (Å²) in [6.07, 6.45) is -0.189. The summed E-state index contributed by atoms with van der Waals surface area (Å²) in [6, 6.07) is 2.05. The minimum Gasteiger partial charge on any atom is -0.276 e. The second-order valence-electron chi connectivity index (χ2n) is 5.41. The molecule has 7 heteroatoms. The molecule has 0 unspecified atom stereocenters. The minimum atomic E-state index is -4.40. The lowest BCUT2D eigenvalue weighted by Crippen LogP contribution is -2.16. The molecule has 0 aromatic carbocycles. The molecule has 0 N–H and O–H groups in total. The predicted octanol–water partition coefficient (Wildman–Crippen LogP) is 4.03. The van der Waals surface area contributed by atoms with Gasteiger partial charge in [0.1, 0.15) is 0 Å². The summed E-state index contributed by atoms with van der Waals surface area (Å²) >= 11 is 0. The maximum Gasteiger partial charge on any atom is 0.504 e. The van der Waals surface area contributed by atoms with E-state index in [4.69, 9.17) is 0 Å². The first kappa shape index (κ1) is 17.3. The first-order chi connectivity index (χ1) is 9.61. The van der Waals surface area contributed by atoms with Crippen molar-refractivity contribution in [2.24, 2.45) is 7.05 Å². The second kappa shape index (κ2) is 6.78. The fourth-order valence-corrected chi connectivity index (χ4v) is 1.51. The van der Waals surface area contributed by atoms with Crippen molar-refractivity contribution in [2.45, 2.75) is 45.8 Å². The van der Waals surface area contributed by atoms with Gasteiger partial charge in [-0.15, -0.1) is 13.2 Å². The molecule has 0 aliphatic rings. The molecule has 118 valence electrons. The Hall–Kier alpha value is -1.79. The van der Waals surface area contributed by atoms with E-state index in [1.165, 1.54) is 6.20 Å². The zero-order chi connectivity index (χ0) is 16.2. The first-order valence-electron chi connectivity index (χ1n) is 6.72. The van der Waals surface area contributed by atoms with Gasteiger partial charge in [0.25, 0.3) is 0 Å². The molecule has 0 radical (unpaired) electrons. The van der Waals surface area contributed by atoms with Gasteiger partial charge in [0.05, 0.1) is 11.9 Å². The third-order valence-electron chi connectivity index (χ3n) is 2.85. The number of halogens is 3. The van der Waals surface area contributed by atoms with Crippen LogP contribution in [0.15, 0.2) is 24.7 Å². The van der Waals surface area contributed by atoms with Crippen LogP contribution in [0.5, 0.6) is 0 Å². The van der Waals surface area contributed by atoms with Crippen molar-refractivity contribution in [1.29, 1.82) is 0 Å². The average molecular weight is 302 g/mol. The Balaban J connectivity index is 0.000000219. The molecule has 2 heterocycles. The Bertz CT molecular complexity index is 553. The Morgan fingerprint density at radius 2 is 1.71 bits per heavy atom. The average Bonchev–Trinajstić information content (AvgIpc) is 2.96. The third-order valence-corrected chi connectivity index (χ3v) is 2.85. The fraction of sp³-hybridized carbons (Fsp3) is 0.571. The number of hydrogen-bond acceptors (Lipinski definition) is 2. The number of rotatable bonds is 2. The molecular formula is C14H21F3N4. The van der Waals surface area contributed by atoms with Crippen LogP contribution >= 0.6 is 0 Å². The van der Waals surface area contributed by atoms with E-state index in [0.29, 0.717) is 11.5 Å². The number of aromatic nitrogens is 4. The van der Waals surface area contributed by atoms with E-state index in [2.05, 4.69) is 24.0 Å². The molecule has 0 atom stereocenters. The summed E-state index contributed by atoms with van der Waals surface area (Å²) in [7, 11) is 1.94. The van der Waals surface area contributed by atoms with Crippen LogP contribution < -0.4 is 0 Å². The maximum atomic E-state index is 12.0. The van der Waals surface area contributed by atoms with Crippen molar-refractivity contribution in [1.82, 2.24) is 19.6 Å². The molecule has 2 aromatic rings. The highest BCUT2D eigenvalue weighted by Crippen LogP contribution is 2.23. The van der Waals surface area contributed by atoms with Gasteiger partial charge in [0.15, 0.2) is 0 Å². The van der Waals surface area contributed by atoms with Gasteiger partial charge in [-0.25, -0.2) is 0 Å². The molecule has 2 aromatic heterocycles. The van der Waals surface area contributed by atoms with Crippen LogP contribution in [0.4, 0.5) is 13.2 Å². The maximum absolute atomic E-state index is 12.0. The molecule has 0 amide bonds. The van der Waals surface area contributed by atoms with Crippen molar-refractivity contribution < 1.29 is 13.2 Å². The van der Waals surface area contributed by atoms with E-state index in [1.807, 2.05) is 37.8 Å². The van der Waals surface area contributed by atoms with Gasteiger partial charge in [-0.3, -0.25) is 4.68 Å². The molecule has 21 heavy (non-hydrogen) atoms. The van der Waals surface area contributed by atoms with Gasteiger partial charge < -0.3 is 0 Å². The van der Waals surface area contributed by atoms with Gasteiger partial charge in [-0.05, 0) is 23.5 Å². The van der Waals surface area contributed by atoms with E-state index in [0.717, 1.165) is 11.9 Å². The summed E-state index contributed by atoms with van der Waals surface area (Å²) < 4.78 is 37.7. The molecule has 0 saturated heterocycles. The van der Waals surface area contributed by atoms with Gasteiger partial charge in [0, 0.05) is 19.4 Å². The summed E-state index contributed by atoms with van der Waals surface area (Å²) in [4.78, 5) is 0. The number of aryl methyl sites for hydroxylation is 1. The summed E-state index contributed by atoms with van der Waals surface area (Å²) in [5.41, 5.74) is 1.75. The lowest BCUT2D eigenvalue weighted by Gasteiger charge is -2.04. The van der Waals surface area contributed by atoms with E-state index in [-0.39, 0.29) is 10.6 Å². The standard InChI is InChI=1S/C7H9F3N2.C7H12N2/c1-5(2)6-3-11-12(4-6)7(8,9)10;1-6(2)7-4-5-9(3)8-7/h3-5H,1-2H3;4-6H,1-3H3. The molecule has 0 aliphatic heterocycles. The number of alkyl halides is 3. The summed E-state index contributed by atoms with van der Waals surface area (Å²) in [6.45, 7) is 7.92. The highest BCUT2D eigenvalue weighted by atomic mass is 19.4. The normalized spacial score (nSPS) is 11.7. The van der Waals surface area contributed by atoms with Gasteiger partial charge >= 0.3 is 6.30 Å². The monoisotopic (exact) mass is 302 g/mol. The lowest BCUT2D eigenvalue weighted by molar-refractivity contribution is -0.212. The van der Waals surface area contributed by atoms with E-state index in [9.17, 15) is 13.2 Å². The van der Waals surface area contributed by atoms with Crippen LogP contribution in [0.2, 0.25) is 0 Å². The van der Waals surface area contributed by atoms with Crippen LogP contribution in [0.25, 0.3) is 0 Å². The Kier molecular flexibility index (Phi) is 5.57. The molecular weight excluding hydrogens is 281 g/mol. The van der Waals surface area contributed by atoms with Crippen LogP contribution in [-0.2, 0) is 13.3 Å². The van der Waals surface area contributed by atoms with Crippen molar-refractivity contribution in [3.8, 4) is 0 Å². The third kappa shape index (κ3) is 5.24. The van der Waals surface area contributed by atoms with Gasteiger partial charge in [0.2, 0.25) is 0 Å². The quantitative estimate of drug-likeness (QED) is 0.839. The Labute approximate surface area is 122 Å². The fourth-order valence-electron chi connectivity index (χ4n) is 1.51. The minimum absolute atomic E-state index is 0.0162. The van der Waals surface area contributed by atoms with Crippen LogP contribution in [0.3, 0.4) is 0 Å². The van der Waals surface area contributed by atoms with Gasteiger partial charge in [-0.1, -0.05) is 27.7 Å². The lowest BCUT2D eigenvalue weighted by atomic mass is 10.1. The zero-order valence-corrected chi connectivity index (χ0v) is 12.9. The molecule has 0 aliphatic carbocycles. The van der Waals surface area contributed by atoms with Crippen LogP contribution in [0.1, 0.15) is 50.8 Å². The summed E-state index contributed by atoms with van der Waals surface area (Å²) in [5.74, 6) is 0.618. The molecule has 2 rings (SSSR count). The van der Waals surface area contributed by atoms with Gasteiger partial charge in [-0.2, -0.15) is 14.9 Å². The van der Waals surface area contributed by atoms with Crippen LogP contribution in [-0.4, -0.2) is 19.6 Å². The highest BCUT2D eigenvalue weighted by Gasteiger charge is 2.31. The Morgan fingerprint density at radius 1 is 1.10 bits per heavy atom.